The van der Waals surface area contributed by atoms with Crippen LogP contribution >= 0.6 is 22.6 Å². The summed E-state index contributed by atoms with van der Waals surface area (Å²) in [5, 5.41) is 0. The Bertz CT molecular complexity index is 1200. The number of hydrogen-bond acceptors (Lipinski definition) is 5. The normalized spacial score (nSPS) is 35.0. The Morgan fingerprint density at radius 1 is 1.17 bits per heavy atom. The molecule has 2 N–H and O–H groups in total. The fraction of sp³-hybridized carbons (Fsp3) is 0.676. The van der Waals surface area contributed by atoms with Gasteiger partial charge in [0.25, 0.3) is 0 Å². The van der Waals surface area contributed by atoms with E-state index in [-0.39, 0.29) is 17.7 Å². The molecule has 4 heterocycles. The third-order valence-corrected chi connectivity index (χ3v) is 11.9. The second kappa shape index (κ2) is 11.9. The zero-order valence-electron chi connectivity index (χ0n) is 25.7. The summed E-state index contributed by atoms with van der Waals surface area (Å²) in [7, 11) is 2.21. The number of rotatable bonds is 8. The molecule has 6 rings (SSSR count). The Labute approximate surface area is 265 Å². The van der Waals surface area contributed by atoms with Crippen LogP contribution in [0.15, 0.2) is 60.0 Å². The van der Waals surface area contributed by atoms with Crippen molar-refractivity contribution in [1.82, 2.24) is 25.6 Å². The van der Waals surface area contributed by atoms with Gasteiger partial charge >= 0.3 is 0 Å². The molecule has 0 radical (unpaired) electrons. The van der Waals surface area contributed by atoms with Crippen LogP contribution < -0.4 is 10.9 Å². The van der Waals surface area contributed by atoms with Crippen LogP contribution in [-0.2, 0) is 4.79 Å². The predicted molar refractivity (Wildman–Crippen MR) is 176 cm³/mol. The molecule has 230 valence electrons. The Morgan fingerprint density at radius 2 is 1.90 bits per heavy atom. The van der Waals surface area contributed by atoms with E-state index in [4.69, 9.17) is 0 Å². The predicted octanol–water partition coefficient (Wildman–Crippen LogP) is 6.42. The largest absolute Gasteiger partial charge is 0.287 e. The van der Waals surface area contributed by atoms with Crippen molar-refractivity contribution in [3.63, 3.8) is 0 Å². The van der Waals surface area contributed by atoms with Gasteiger partial charge in [-0.3, -0.25) is 19.5 Å². The number of nitrogens with one attached hydrogen (secondary N) is 2. The van der Waals surface area contributed by atoms with Gasteiger partial charge in [-0.05, 0) is 117 Å². The summed E-state index contributed by atoms with van der Waals surface area (Å²) < 4.78 is 14.3. The minimum absolute atomic E-state index is 0.104. The van der Waals surface area contributed by atoms with Gasteiger partial charge in [0.15, 0.2) is 3.68 Å². The molecule has 4 aliphatic heterocycles. The molecule has 2 saturated heterocycles. The molecule has 1 amide bonds. The number of fused-ring (bicyclic) bond motifs is 1. The lowest BCUT2D eigenvalue weighted by molar-refractivity contribution is -0.130. The molecular formula is C34H49FIN5O. The second-order valence-electron chi connectivity index (χ2n) is 14.1. The Morgan fingerprint density at radius 3 is 2.52 bits per heavy atom. The van der Waals surface area contributed by atoms with Crippen molar-refractivity contribution in [1.29, 1.82) is 0 Å². The SMILES string of the molecule is C=CC(C)(C1=CN2C(=O)C(C3CCCC([C@@H](C4CCC4)C4NNCN4C)C3)C=C2C([C@@](C)(F)I)=C1)N1CCCC(=C)C1. The van der Waals surface area contributed by atoms with Crippen LogP contribution in [0.2, 0.25) is 0 Å². The van der Waals surface area contributed by atoms with E-state index in [0.29, 0.717) is 23.6 Å². The first kappa shape index (κ1) is 30.7. The summed E-state index contributed by atoms with van der Waals surface area (Å²) in [4.78, 5) is 20.9. The fourth-order valence-corrected chi connectivity index (χ4v) is 9.07. The molecule has 4 fully saturated rings. The summed E-state index contributed by atoms with van der Waals surface area (Å²) in [6.45, 7) is 14.8. The van der Waals surface area contributed by atoms with Crippen LogP contribution in [0, 0.1) is 29.6 Å². The molecule has 6 nitrogen and oxygen atoms in total. The highest BCUT2D eigenvalue weighted by molar-refractivity contribution is 14.1. The molecule has 6 aliphatic rings. The van der Waals surface area contributed by atoms with Crippen LogP contribution in [0.5, 0.6) is 0 Å². The first-order chi connectivity index (χ1) is 20.0. The second-order valence-corrected chi connectivity index (χ2v) is 16.1. The van der Waals surface area contributed by atoms with E-state index in [1.54, 1.807) is 11.8 Å². The standard InChI is InChI=1S/C34H49FIN5O/c1-6-33(3,40-15-9-10-22(2)19-40)26-17-28(34(4,35)36)29-18-27(32(42)41(29)20-26)24-13-8-14-25(16-24)30(23-11-7-12-23)31-38-37-21-39(31)5/h6,17-18,20,23-25,27,30-31,37-38H,1-2,7-16,19,21H2,3-5H3/t24?,25?,27?,30-,31?,33?,34+/m1/s1. The number of amides is 1. The minimum Gasteiger partial charge on any atom is -0.287 e. The number of allylic oxidation sites excluding steroid dienone is 1. The van der Waals surface area contributed by atoms with Crippen LogP contribution in [0.3, 0.4) is 0 Å². The third kappa shape index (κ3) is 5.52. The molecule has 0 aromatic carbocycles. The zero-order chi connectivity index (χ0) is 29.8. The van der Waals surface area contributed by atoms with Crippen molar-refractivity contribution >= 4 is 28.5 Å². The molecular weight excluding hydrogens is 640 g/mol. The number of hydrazine groups is 1. The number of halogens is 2. The summed E-state index contributed by atoms with van der Waals surface area (Å²) in [5.41, 5.74) is 9.86. The van der Waals surface area contributed by atoms with Crippen molar-refractivity contribution in [3.05, 3.63) is 60.0 Å². The maximum atomic E-state index is 15.9. The first-order valence-electron chi connectivity index (χ1n) is 16.1. The van der Waals surface area contributed by atoms with E-state index < -0.39 is 9.21 Å². The number of carbonyl (C=O) groups excluding carboxylic acids is 1. The van der Waals surface area contributed by atoms with Gasteiger partial charge in [-0.1, -0.05) is 50.3 Å². The molecule has 7 atom stereocenters. The van der Waals surface area contributed by atoms with E-state index in [2.05, 4.69) is 53.9 Å². The monoisotopic (exact) mass is 689 g/mol. The number of hydrogen-bond donors (Lipinski definition) is 2. The molecule has 8 heteroatoms. The topological polar surface area (TPSA) is 50.9 Å². The van der Waals surface area contributed by atoms with Crippen LogP contribution in [-0.4, -0.2) is 62.8 Å². The summed E-state index contributed by atoms with van der Waals surface area (Å²) in [6.07, 6.45) is 18.9. The third-order valence-electron chi connectivity index (χ3n) is 11.4. The van der Waals surface area contributed by atoms with Crippen LogP contribution in [0.1, 0.15) is 71.6 Å². The molecule has 2 aliphatic carbocycles. The summed E-state index contributed by atoms with van der Waals surface area (Å²) >= 11 is 1.89. The molecule has 0 bridgehead atoms. The highest BCUT2D eigenvalue weighted by Gasteiger charge is 2.49. The maximum absolute atomic E-state index is 15.9. The van der Waals surface area contributed by atoms with E-state index in [1.807, 2.05) is 40.9 Å². The molecule has 0 aromatic rings. The van der Waals surface area contributed by atoms with Crippen molar-refractivity contribution in [2.75, 3.05) is 26.8 Å². The maximum Gasteiger partial charge on any atom is 0.238 e. The molecule has 0 spiro atoms. The molecule has 2 saturated carbocycles. The van der Waals surface area contributed by atoms with Crippen molar-refractivity contribution in [2.24, 2.45) is 29.6 Å². The number of carbonyl (C=O) groups is 1. The van der Waals surface area contributed by atoms with E-state index >= 15 is 4.39 Å². The summed E-state index contributed by atoms with van der Waals surface area (Å²) in [5.74, 6) is 2.11. The van der Waals surface area contributed by atoms with Crippen molar-refractivity contribution in [3.8, 4) is 0 Å². The minimum atomic E-state index is -1.61. The Balaban J connectivity index is 1.28. The Kier molecular flexibility index (Phi) is 8.68. The fourth-order valence-electron chi connectivity index (χ4n) is 8.64. The smallest absolute Gasteiger partial charge is 0.238 e. The average Bonchev–Trinajstić information content (AvgIpc) is 3.51. The number of likely N-dealkylation sites (tertiary alicyclic amines) is 1. The zero-order valence-corrected chi connectivity index (χ0v) is 27.8. The lowest BCUT2D eigenvalue weighted by Gasteiger charge is -2.46. The van der Waals surface area contributed by atoms with Gasteiger partial charge in [0, 0.05) is 18.3 Å². The van der Waals surface area contributed by atoms with E-state index in [1.165, 1.54) is 31.3 Å². The lowest BCUT2D eigenvalue weighted by atomic mass is 9.62. The van der Waals surface area contributed by atoms with Gasteiger partial charge in [0.1, 0.15) is 0 Å². The Hall–Kier alpha value is -1.33. The molecule has 42 heavy (non-hydrogen) atoms. The van der Waals surface area contributed by atoms with Gasteiger partial charge in [-0.25, -0.2) is 15.2 Å². The van der Waals surface area contributed by atoms with Crippen LogP contribution in [0.25, 0.3) is 0 Å². The molecule has 5 unspecified atom stereocenters. The quantitative estimate of drug-likeness (QED) is 0.175. The van der Waals surface area contributed by atoms with Gasteiger partial charge in [-0.2, -0.15) is 0 Å². The number of alkyl halides is 2. The van der Waals surface area contributed by atoms with Crippen LogP contribution in [0.4, 0.5) is 4.39 Å². The lowest BCUT2D eigenvalue weighted by Crippen LogP contribution is -2.50. The summed E-state index contributed by atoms with van der Waals surface area (Å²) in [6, 6.07) is 0. The van der Waals surface area contributed by atoms with Crippen molar-refractivity contribution in [2.45, 2.75) is 87.0 Å². The van der Waals surface area contributed by atoms with Gasteiger partial charge in [0.2, 0.25) is 5.91 Å². The highest BCUT2D eigenvalue weighted by Crippen LogP contribution is 2.51. The van der Waals surface area contributed by atoms with E-state index in [9.17, 15) is 4.79 Å². The number of piperidine rings is 1. The van der Waals surface area contributed by atoms with Crippen molar-refractivity contribution < 1.29 is 9.18 Å². The van der Waals surface area contributed by atoms with E-state index in [0.717, 1.165) is 69.1 Å². The van der Waals surface area contributed by atoms with Gasteiger partial charge < -0.3 is 0 Å². The van der Waals surface area contributed by atoms with Gasteiger partial charge in [-0.15, -0.1) is 6.58 Å². The first-order valence-corrected chi connectivity index (χ1v) is 17.2. The average molecular weight is 690 g/mol. The van der Waals surface area contributed by atoms with Gasteiger partial charge in [0.05, 0.1) is 30.0 Å². The highest BCUT2D eigenvalue weighted by atomic mass is 127. The number of nitrogens with zero attached hydrogens (tertiary/aromatic N) is 3. The molecule has 0 aromatic heterocycles.